The lowest BCUT2D eigenvalue weighted by molar-refractivity contribution is 0.296. The zero-order valence-corrected chi connectivity index (χ0v) is 20.9. The SMILES string of the molecule is CCCCCCCCCCCCCCCCCCCCCC(C)S(=O)CCCO. The normalized spacial score (nSPS) is 13.6. The number of unbranched alkanes of at least 4 members (excludes halogenated alkanes) is 18. The smallest absolute Gasteiger partial charge is 0.0439 e. The molecule has 0 spiro atoms. The van der Waals surface area contributed by atoms with Crippen LogP contribution in [0, 0.1) is 0 Å². The average molecular weight is 431 g/mol. The van der Waals surface area contributed by atoms with Crippen LogP contribution in [0.1, 0.15) is 149 Å². The third-order valence-electron chi connectivity index (χ3n) is 6.17. The second-order valence-corrected chi connectivity index (χ2v) is 11.1. The van der Waals surface area contributed by atoms with Gasteiger partial charge in [0.2, 0.25) is 0 Å². The molecule has 0 aromatic heterocycles. The van der Waals surface area contributed by atoms with E-state index in [0.29, 0.717) is 17.4 Å². The predicted molar refractivity (Wildman–Crippen MR) is 132 cm³/mol. The molecule has 0 saturated carbocycles. The minimum absolute atomic E-state index is 0.164. The molecule has 0 aliphatic heterocycles. The molecule has 2 unspecified atom stereocenters. The molecule has 0 aliphatic carbocycles. The monoisotopic (exact) mass is 430 g/mol. The summed E-state index contributed by atoms with van der Waals surface area (Å²) in [4.78, 5) is 0. The van der Waals surface area contributed by atoms with E-state index in [2.05, 4.69) is 13.8 Å². The first-order valence-corrected chi connectivity index (χ1v) is 14.6. The molecule has 0 aromatic rings. The molecule has 176 valence electrons. The fourth-order valence-electron chi connectivity index (χ4n) is 4.05. The van der Waals surface area contributed by atoms with Crippen molar-refractivity contribution in [1.29, 1.82) is 0 Å². The summed E-state index contributed by atoms with van der Waals surface area (Å²) < 4.78 is 11.9. The number of rotatable bonds is 24. The second-order valence-electron chi connectivity index (χ2n) is 9.13. The van der Waals surface area contributed by atoms with Crippen molar-refractivity contribution in [2.24, 2.45) is 0 Å². The van der Waals surface area contributed by atoms with Crippen LogP contribution in [0.3, 0.4) is 0 Å². The van der Waals surface area contributed by atoms with E-state index in [1.807, 2.05) is 0 Å². The van der Waals surface area contributed by atoms with Gasteiger partial charge in [0.15, 0.2) is 0 Å². The Hall–Kier alpha value is 0.110. The van der Waals surface area contributed by atoms with Gasteiger partial charge in [-0.15, -0.1) is 0 Å². The number of aliphatic hydroxyl groups is 1. The average Bonchev–Trinajstić information content (AvgIpc) is 2.73. The minimum Gasteiger partial charge on any atom is -0.396 e. The van der Waals surface area contributed by atoms with Gasteiger partial charge in [-0.25, -0.2) is 0 Å². The molecule has 0 heterocycles. The molecule has 29 heavy (non-hydrogen) atoms. The van der Waals surface area contributed by atoms with Crippen LogP contribution in [-0.2, 0) is 10.8 Å². The second kappa shape index (κ2) is 24.4. The van der Waals surface area contributed by atoms with Gasteiger partial charge in [-0.3, -0.25) is 4.21 Å². The Morgan fingerprint density at radius 1 is 0.586 bits per heavy atom. The summed E-state index contributed by atoms with van der Waals surface area (Å²) in [6.07, 6.45) is 28.6. The molecule has 3 heteroatoms. The van der Waals surface area contributed by atoms with E-state index < -0.39 is 10.8 Å². The molecule has 0 radical (unpaired) electrons. The standard InChI is InChI=1S/C26H54O2S/c1-3-4-5-6-7-8-9-10-11-12-13-14-15-16-17-18-19-20-21-23-26(2)29(28)25-22-24-27/h26-27H,3-25H2,1-2H3. The summed E-state index contributed by atoms with van der Waals surface area (Å²) in [7, 11) is -0.744. The molecule has 0 aliphatic rings. The Morgan fingerprint density at radius 3 is 1.28 bits per heavy atom. The van der Waals surface area contributed by atoms with E-state index in [1.165, 1.54) is 122 Å². The van der Waals surface area contributed by atoms with Crippen molar-refractivity contribution >= 4 is 10.8 Å². The lowest BCUT2D eigenvalue weighted by Crippen LogP contribution is -2.14. The van der Waals surface area contributed by atoms with Crippen LogP contribution in [-0.4, -0.2) is 26.9 Å². The fraction of sp³-hybridized carbons (Fsp3) is 1.00. The van der Waals surface area contributed by atoms with E-state index in [-0.39, 0.29) is 6.61 Å². The van der Waals surface area contributed by atoms with Gasteiger partial charge in [0.1, 0.15) is 0 Å². The van der Waals surface area contributed by atoms with E-state index in [0.717, 1.165) is 6.42 Å². The number of aliphatic hydroxyl groups excluding tert-OH is 1. The molecule has 0 saturated heterocycles. The van der Waals surface area contributed by atoms with Crippen molar-refractivity contribution < 1.29 is 9.32 Å². The van der Waals surface area contributed by atoms with Crippen molar-refractivity contribution in [1.82, 2.24) is 0 Å². The van der Waals surface area contributed by atoms with Crippen LogP contribution in [0.2, 0.25) is 0 Å². The van der Waals surface area contributed by atoms with Crippen molar-refractivity contribution in [2.75, 3.05) is 12.4 Å². The quantitative estimate of drug-likeness (QED) is 0.156. The van der Waals surface area contributed by atoms with Crippen LogP contribution in [0.4, 0.5) is 0 Å². The minimum atomic E-state index is -0.744. The first-order chi connectivity index (χ1) is 14.2. The Morgan fingerprint density at radius 2 is 0.931 bits per heavy atom. The Kier molecular flexibility index (Phi) is 24.5. The van der Waals surface area contributed by atoms with E-state index in [1.54, 1.807) is 0 Å². The van der Waals surface area contributed by atoms with Gasteiger partial charge in [0, 0.05) is 28.4 Å². The maximum absolute atomic E-state index is 11.9. The summed E-state index contributed by atoms with van der Waals surface area (Å²) in [6.45, 7) is 4.55. The fourth-order valence-corrected chi connectivity index (χ4v) is 5.30. The Balaban J connectivity index is 3.14. The van der Waals surface area contributed by atoms with Gasteiger partial charge < -0.3 is 5.11 Å². The highest BCUT2D eigenvalue weighted by molar-refractivity contribution is 7.85. The Labute approximate surface area is 186 Å². The molecule has 0 aromatic carbocycles. The number of hydrogen-bond donors (Lipinski definition) is 1. The summed E-state index contributed by atoms with van der Waals surface area (Å²) in [6, 6.07) is 0. The largest absolute Gasteiger partial charge is 0.396 e. The van der Waals surface area contributed by atoms with Crippen LogP contribution < -0.4 is 0 Å². The summed E-state index contributed by atoms with van der Waals surface area (Å²) in [5.41, 5.74) is 0. The summed E-state index contributed by atoms with van der Waals surface area (Å²) in [5, 5.41) is 9.11. The van der Waals surface area contributed by atoms with Crippen molar-refractivity contribution in [3.05, 3.63) is 0 Å². The highest BCUT2D eigenvalue weighted by atomic mass is 32.2. The third-order valence-corrected chi connectivity index (χ3v) is 7.99. The topological polar surface area (TPSA) is 37.3 Å². The van der Waals surface area contributed by atoms with Crippen LogP contribution >= 0.6 is 0 Å². The van der Waals surface area contributed by atoms with Crippen LogP contribution in [0.25, 0.3) is 0 Å². The maximum atomic E-state index is 11.9. The summed E-state index contributed by atoms with van der Waals surface area (Å²) >= 11 is 0. The lowest BCUT2D eigenvalue weighted by atomic mass is 10.0. The van der Waals surface area contributed by atoms with E-state index in [4.69, 9.17) is 5.11 Å². The van der Waals surface area contributed by atoms with Gasteiger partial charge in [0.25, 0.3) is 0 Å². The van der Waals surface area contributed by atoms with Gasteiger partial charge in [0.05, 0.1) is 0 Å². The summed E-state index contributed by atoms with van der Waals surface area (Å²) in [5.74, 6) is 0.663. The molecule has 1 N–H and O–H groups in total. The predicted octanol–water partition coefficient (Wildman–Crippen LogP) is 8.33. The van der Waals surface area contributed by atoms with E-state index >= 15 is 0 Å². The van der Waals surface area contributed by atoms with Gasteiger partial charge >= 0.3 is 0 Å². The van der Waals surface area contributed by atoms with Gasteiger partial charge in [-0.1, -0.05) is 136 Å². The molecule has 2 nitrogen and oxygen atoms in total. The molecule has 0 amide bonds. The van der Waals surface area contributed by atoms with Crippen molar-refractivity contribution in [3.8, 4) is 0 Å². The third kappa shape index (κ3) is 22.6. The first kappa shape index (κ1) is 29.1. The molecule has 0 bridgehead atoms. The maximum Gasteiger partial charge on any atom is 0.0439 e. The lowest BCUT2D eigenvalue weighted by Gasteiger charge is -2.10. The highest BCUT2D eigenvalue weighted by Gasteiger charge is 2.09. The molecular weight excluding hydrogens is 376 g/mol. The number of hydrogen-bond acceptors (Lipinski definition) is 2. The Bertz CT molecular complexity index is 333. The highest BCUT2D eigenvalue weighted by Crippen LogP contribution is 2.15. The molecular formula is C26H54O2S. The first-order valence-electron chi connectivity index (χ1n) is 13.2. The molecule has 2 atom stereocenters. The van der Waals surface area contributed by atoms with Gasteiger partial charge in [-0.2, -0.15) is 0 Å². The van der Waals surface area contributed by atoms with Crippen molar-refractivity contribution in [2.45, 2.75) is 154 Å². The van der Waals surface area contributed by atoms with Crippen molar-refractivity contribution in [3.63, 3.8) is 0 Å². The van der Waals surface area contributed by atoms with Gasteiger partial charge in [-0.05, 0) is 12.8 Å². The zero-order valence-electron chi connectivity index (χ0n) is 20.1. The van der Waals surface area contributed by atoms with Crippen LogP contribution in [0.15, 0.2) is 0 Å². The van der Waals surface area contributed by atoms with E-state index in [9.17, 15) is 4.21 Å². The van der Waals surface area contributed by atoms with Crippen LogP contribution in [0.5, 0.6) is 0 Å². The molecule has 0 fully saturated rings. The zero-order chi connectivity index (χ0) is 21.4. The molecule has 0 rings (SSSR count).